The van der Waals surface area contributed by atoms with Gasteiger partial charge in [0.1, 0.15) is 16.1 Å². The van der Waals surface area contributed by atoms with Gasteiger partial charge in [-0.25, -0.2) is 9.19 Å². The van der Waals surface area contributed by atoms with Crippen LogP contribution in [0.15, 0.2) is 16.7 Å². The van der Waals surface area contributed by atoms with E-state index in [4.69, 9.17) is 23.2 Å². The SMILES string of the molecule is CC(C)(C)[S@](=O)/N=C/c1cnc(Cl)cc1Cl. The average molecular weight is 279 g/mol. The minimum atomic E-state index is -1.30. The van der Waals surface area contributed by atoms with Gasteiger partial charge in [-0.2, -0.15) is 4.40 Å². The van der Waals surface area contributed by atoms with E-state index in [2.05, 4.69) is 9.38 Å². The van der Waals surface area contributed by atoms with Crippen LogP contribution in [-0.4, -0.2) is 20.2 Å². The number of aromatic nitrogens is 1. The highest BCUT2D eigenvalue weighted by molar-refractivity contribution is 7.85. The molecule has 88 valence electrons. The van der Waals surface area contributed by atoms with Crippen LogP contribution in [0.3, 0.4) is 0 Å². The first kappa shape index (κ1) is 13.6. The van der Waals surface area contributed by atoms with Gasteiger partial charge < -0.3 is 0 Å². The summed E-state index contributed by atoms with van der Waals surface area (Å²) in [6.07, 6.45) is 2.95. The number of hydrogen-bond donors (Lipinski definition) is 0. The van der Waals surface area contributed by atoms with Crippen molar-refractivity contribution in [2.45, 2.75) is 25.5 Å². The standard InChI is InChI=1S/C10H12Cl2N2OS/c1-10(2,3)16(15)14-6-7-5-13-9(12)4-8(7)11/h4-6H,1-3H3/b14-6+/t16-/m0/s1. The highest BCUT2D eigenvalue weighted by Crippen LogP contribution is 2.18. The summed E-state index contributed by atoms with van der Waals surface area (Å²) in [5, 5.41) is 0.758. The molecule has 6 heteroatoms. The minimum absolute atomic E-state index is 0.319. The van der Waals surface area contributed by atoms with E-state index in [1.807, 2.05) is 20.8 Å². The second kappa shape index (κ2) is 5.25. The Balaban J connectivity index is 2.89. The maximum atomic E-state index is 11.6. The normalized spacial score (nSPS) is 14.3. The van der Waals surface area contributed by atoms with Gasteiger partial charge >= 0.3 is 0 Å². The van der Waals surface area contributed by atoms with Gasteiger partial charge in [-0.05, 0) is 26.8 Å². The molecule has 1 aromatic rings. The van der Waals surface area contributed by atoms with Crippen LogP contribution in [0.2, 0.25) is 10.2 Å². The van der Waals surface area contributed by atoms with Gasteiger partial charge in [-0.15, -0.1) is 0 Å². The Bertz CT molecular complexity index is 441. The van der Waals surface area contributed by atoms with Crippen LogP contribution in [0.25, 0.3) is 0 Å². The van der Waals surface area contributed by atoms with Crippen LogP contribution in [-0.2, 0) is 11.0 Å². The first-order valence-electron chi connectivity index (χ1n) is 4.58. The molecule has 3 nitrogen and oxygen atoms in total. The topological polar surface area (TPSA) is 42.3 Å². The van der Waals surface area contributed by atoms with Crippen molar-refractivity contribution in [3.63, 3.8) is 0 Å². The second-order valence-electron chi connectivity index (χ2n) is 4.12. The molecule has 0 bridgehead atoms. The molecule has 0 aliphatic heterocycles. The van der Waals surface area contributed by atoms with Gasteiger partial charge in [0.2, 0.25) is 0 Å². The fourth-order valence-electron chi connectivity index (χ4n) is 0.776. The van der Waals surface area contributed by atoms with Crippen LogP contribution < -0.4 is 0 Å². The summed E-state index contributed by atoms with van der Waals surface area (Å²) in [5.41, 5.74) is 0.601. The molecule has 0 saturated heterocycles. The van der Waals surface area contributed by atoms with Crippen molar-refractivity contribution in [2.75, 3.05) is 0 Å². The fourth-order valence-corrected chi connectivity index (χ4v) is 1.72. The van der Waals surface area contributed by atoms with E-state index in [0.29, 0.717) is 15.7 Å². The first-order valence-corrected chi connectivity index (χ1v) is 6.44. The van der Waals surface area contributed by atoms with Crippen molar-refractivity contribution in [1.82, 2.24) is 4.98 Å². The second-order valence-corrected chi connectivity index (χ2v) is 6.85. The predicted octanol–water partition coefficient (Wildman–Crippen LogP) is 3.27. The van der Waals surface area contributed by atoms with E-state index < -0.39 is 11.0 Å². The monoisotopic (exact) mass is 278 g/mol. The zero-order valence-electron chi connectivity index (χ0n) is 9.20. The summed E-state index contributed by atoms with van der Waals surface area (Å²) in [6, 6.07) is 1.52. The Kier molecular flexibility index (Phi) is 4.47. The summed E-state index contributed by atoms with van der Waals surface area (Å²) in [7, 11) is -1.30. The van der Waals surface area contributed by atoms with Gasteiger partial charge in [-0.1, -0.05) is 23.2 Å². The molecular formula is C10H12Cl2N2OS. The lowest BCUT2D eigenvalue weighted by molar-refractivity contribution is 0.651. The van der Waals surface area contributed by atoms with Crippen LogP contribution in [0.1, 0.15) is 26.3 Å². The molecule has 1 rings (SSSR count). The van der Waals surface area contributed by atoms with E-state index in [1.54, 1.807) is 0 Å². The van der Waals surface area contributed by atoms with Crippen LogP contribution in [0.4, 0.5) is 0 Å². The predicted molar refractivity (Wildman–Crippen MR) is 69.7 cm³/mol. The lowest BCUT2D eigenvalue weighted by Crippen LogP contribution is -2.19. The zero-order valence-corrected chi connectivity index (χ0v) is 11.5. The number of pyridine rings is 1. The quantitative estimate of drug-likeness (QED) is 0.616. The van der Waals surface area contributed by atoms with Gasteiger partial charge in [0, 0.05) is 18.0 Å². The summed E-state index contributed by atoms with van der Waals surface area (Å²) in [5.74, 6) is 0. The third-order valence-corrected chi connectivity index (χ3v) is 3.54. The summed E-state index contributed by atoms with van der Waals surface area (Å²) < 4.78 is 15.2. The molecule has 0 spiro atoms. The Morgan fingerprint density at radius 3 is 2.56 bits per heavy atom. The molecule has 0 aromatic carbocycles. The van der Waals surface area contributed by atoms with Gasteiger partial charge in [0.25, 0.3) is 0 Å². The highest BCUT2D eigenvalue weighted by Gasteiger charge is 2.18. The van der Waals surface area contributed by atoms with E-state index in [-0.39, 0.29) is 4.75 Å². The Morgan fingerprint density at radius 1 is 1.44 bits per heavy atom. The van der Waals surface area contributed by atoms with Crippen LogP contribution in [0.5, 0.6) is 0 Å². The van der Waals surface area contributed by atoms with Gasteiger partial charge in [0.05, 0.1) is 9.77 Å². The third-order valence-electron chi connectivity index (χ3n) is 1.66. The van der Waals surface area contributed by atoms with E-state index in [1.165, 1.54) is 18.5 Å². The van der Waals surface area contributed by atoms with Crippen molar-refractivity contribution < 1.29 is 4.21 Å². The average Bonchev–Trinajstić information content (AvgIpc) is 2.14. The molecule has 0 amide bonds. The molecule has 0 aliphatic carbocycles. The van der Waals surface area contributed by atoms with E-state index in [9.17, 15) is 4.21 Å². The van der Waals surface area contributed by atoms with Crippen molar-refractivity contribution in [3.05, 3.63) is 28.0 Å². The van der Waals surface area contributed by atoms with Crippen LogP contribution >= 0.6 is 23.2 Å². The van der Waals surface area contributed by atoms with Crippen molar-refractivity contribution in [1.29, 1.82) is 0 Å². The summed E-state index contributed by atoms with van der Waals surface area (Å²) in [4.78, 5) is 3.87. The van der Waals surface area contributed by atoms with Crippen molar-refractivity contribution >= 4 is 40.4 Å². The third kappa shape index (κ3) is 3.85. The first-order chi connectivity index (χ1) is 7.30. The molecule has 1 atom stereocenters. The Hall–Kier alpha value is -0.450. The molecule has 0 saturated carbocycles. The fraction of sp³-hybridized carbons (Fsp3) is 0.400. The zero-order chi connectivity index (χ0) is 12.3. The molecule has 0 aliphatic rings. The molecule has 0 radical (unpaired) electrons. The highest BCUT2D eigenvalue weighted by atomic mass is 35.5. The van der Waals surface area contributed by atoms with Crippen LogP contribution in [0, 0.1) is 0 Å². The smallest absolute Gasteiger partial charge is 0.144 e. The van der Waals surface area contributed by atoms with E-state index >= 15 is 0 Å². The maximum Gasteiger partial charge on any atom is 0.144 e. The largest absolute Gasteiger partial charge is 0.244 e. The lowest BCUT2D eigenvalue weighted by atomic mass is 10.3. The summed E-state index contributed by atoms with van der Waals surface area (Å²) in [6.45, 7) is 5.55. The molecular weight excluding hydrogens is 267 g/mol. The van der Waals surface area contributed by atoms with Crippen molar-refractivity contribution in [2.24, 2.45) is 4.40 Å². The maximum absolute atomic E-state index is 11.6. The van der Waals surface area contributed by atoms with Gasteiger partial charge in [-0.3, -0.25) is 0 Å². The number of halogens is 2. The molecule has 1 heterocycles. The lowest BCUT2D eigenvalue weighted by Gasteiger charge is -2.12. The minimum Gasteiger partial charge on any atom is -0.244 e. The molecule has 0 N–H and O–H groups in total. The number of hydrogen-bond acceptors (Lipinski definition) is 2. The van der Waals surface area contributed by atoms with Crippen molar-refractivity contribution in [3.8, 4) is 0 Å². The molecule has 0 fully saturated rings. The molecule has 16 heavy (non-hydrogen) atoms. The Morgan fingerprint density at radius 2 is 2.06 bits per heavy atom. The number of nitrogens with zero attached hydrogens (tertiary/aromatic N) is 2. The van der Waals surface area contributed by atoms with E-state index in [0.717, 1.165) is 0 Å². The molecule has 1 aromatic heterocycles. The Labute approximate surface area is 107 Å². The molecule has 0 unspecified atom stereocenters. The number of rotatable bonds is 2. The van der Waals surface area contributed by atoms with Gasteiger partial charge in [0.15, 0.2) is 0 Å². The summed E-state index contributed by atoms with van der Waals surface area (Å²) >= 11 is 11.6.